The van der Waals surface area contributed by atoms with Crippen molar-refractivity contribution in [1.29, 1.82) is 0 Å². The molecule has 0 bridgehead atoms. The smallest absolute Gasteiger partial charge is 0.149 e. The number of para-hydroxylation sites is 3. The second-order valence-electron chi connectivity index (χ2n) is 10.2. The zero-order valence-electron chi connectivity index (χ0n) is 21.6. The van der Waals surface area contributed by atoms with Crippen LogP contribution in [0.25, 0.3) is 72.1 Å². The topological polar surface area (TPSA) is 44.1 Å². The van der Waals surface area contributed by atoms with Gasteiger partial charge in [-0.25, -0.2) is 4.98 Å². The molecule has 0 aliphatic carbocycles. The van der Waals surface area contributed by atoms with E-state index < -0.39 is 0 Å². The van der Waals surface area contributed by atoms with Gasteiger partial charge < -0.3 is 8.83 Å². The van der Waals surface area contributed by atoms with E-state index in [2.05, 4.69) is 97.3 Å². The second-order valence-corrected chi connectivity index (χ2v) is 10.2. The number of aromatic nitrogens is 2. The molecular weight excluding hydrogens is 480 g/mol. The number of benzene rings is 5. The number of imidazole rings is 1. The molecule has 0 amide bonds. The van der Waals surface area contributed by atoms with E-state index in [4.69, 9.17) is 13.8 Å². The maximum absolute atomic E-state index is 6.24. The zero-order valence-corrected chi connectivity index (χ0v) is 21.6. The van der Waals surface area contributed by atoms with E-state index in [-0.39, 0.29) is 0 Å². The summed E-state index contributed by atoms with van der Waals surface area (Å²) in [7, 11) is 0. The van der Waals surface area contributed by atoms with Crippen LogP contribution in [-0.4, -0.2) is 9.55 Å². The van der Waals surface area contributed by atoms with Crippen molar-refractivity contribution >= 4 is 43.9 Å². The summed E-state index contributed by atoms with van der Waals surface area (Å²) in [5.41, 5.74) is 11.4. The molecule has 3 aromatic heterocycles. The van der Waals surface area contributed by atoms with Gasteiger partial charge in [0.25, 0.3) is 0 Å². The average molecular weight is 505 g/mol. The lowest BCUT2D eigenvalue weighted by molar-refractivity contribution is 0.616. The number of hydrogen-bond acceptors (Lipinski definition) is 3. The molecule has 0 unspecified atom stereocenters. The summed E-state index contributed by atoms with van der Waals surface area (Å²) in [5.74, 6) is 0.837. The van der Waals surface area contributed by atoms with Gasteiger partial charge in [0, 0.05) is 22.2 Å². The van der Waals surface area contributed by atoms with Crippen LogP contribution in [0.4, 0.5) is 0 Å². The summed E-state index contributed by atoms with van der Waals surface area (Å²) in [6.45, 7) is 4.33. The molecule has 4 nitrogen and oxygen atoms in total. The Kier molecular flexibility index (Phi) is 4.62. The number of furan rings is 2. The third-order valence-corrected chi connectivity index (χ3v) is 7.77. The van der Waals surface area contributed by atoms with Crippen LogP contribution in [0.2, 0.25) is 0 Å². The number of nitrogens with zero attached hydrogens (tertiary/aromatic N) is 2. The summed E-state index contributed by atoms with van der Waals surface area (Å²) < 4.78 is 14.5. The minimum absolute atomic E-state index is 0.837. The highest BCUT2D eigenvalue weighted by molar-refractivity contribution is 6.05. The van der Waals surface area contributed by atoms with Crippen LogP contribution >= 0.6 is 0 Å². The molecule has 0 N–H and O–H groups in total. The molecule has 0 atom stereocenters. The summed E-state index contributed by atoms with van der Waals surface area (Å²) in [6, 6.07) is 35.7. The normalized spacial score (nSPS) is 11.8. The summed E-state index contributed by atoms with van der Waals surface area (Å²) >= 11 is 0. The number of hydrogen-bond donors (Lipinski definition) is 0. The predicted molar refractivity (Wildman–Crippen MR) is 158 cm³/mol. The van der Waals surface area contributed by atoms with Gasteiger partial charge in [0.2, 0.25) is 0 Å². The Bertz CT molecular complexity index is 2190. The first-order valence-corrected chi connectivity index (χ1v) is 13.1. The summed E-state index contributed by atoms with van der Waals surface area (Å²) in [5, 5.41) is 3.26. The van der Waals surface area contributed by atoms with Gasteiger partial charge in [0.05, 0.1) is 22.3 Å². The molecule has 0 saturated heterocycles. The van der Waals surface area contributed by atoms with E-state index in [0.717, 1.165) is 61.0 Å². The largest absolute Gasteiger partial charge is 0.464 e. The molecule has 8 aromatic rings. The molecule has 0 aliphatic heterocycles. The second kappa shape index (κ2) is 8.20. The summed E-state index contributed by atoms with van der Waals surface area (Å²) in [4.78, 5) is 5.11. The van der Waals surface area contributed by atoms with Gasteiger partial charge in [-0.2, -0.15) is 0 Å². The number of rotatable bonds is 3. The standard InChI is InChI=1S/C35H24N2O2/c1-21-8-7-9-22(2)34(21)23-14-17-31-27(18-23)28(20-38-31)35-36-29-11-4-5-12-30(29)37(35)24-15-16-26-25-10-3-6-13-32(25)39-33(26)19-24/h3-20H,1-2H3. The zero-order chi connectivity index (χ0) is 26.1. The fraction of sp³-hybridized carbons (Fsp3) is 0.0571. The Labute approximate surface area is 224 Å². The van der Waals surface area contributed by atoms with Gasteiger partial charge in [0.15, 0.2) is 0 Å². The van der Waals surface area contributed by atoms with Crippen LogP contribution in [0.5, 0.6) is 0 Å². The number of fused-ring (bicyclic) bond motifs is 5. The highest BCUT2D eigenvalue weighted by Crippen LogP contribution is 2.38. The van der Waals surface area contributed by atoms with Gasteiger partial charge in [-0.05, 0) is 78.6 Å². The van der Waals surface area contributed by atoms with Gasteiger partial charge in [-0.1, -0.05) is 54.6 Å². The first kappa shape index (κ1) is 21.9. The Morgan fingerprint density at radius 2 is 1.44 bits per heavy atom. The lowest BCUT2D eigenvalue weighted by Crippen LogP contribution is -1.97. The SMILES string of the molecule is Cc1cccc(C)c1-c1ccc2occ(-c3nc4ccccc4n3-c3ccc4c(c3)oc3ccccc34)c2c1. The predicted octanol–water partition coefficient (Wildman–Crippen LogP) is 9.62. The molecule has 0 radical (unpaired) electrons. The Morgan fingerprint density at radius 1 is 0.641 bits per heavy atom. The molecule has 8 rings (SSSR count). The first-order chi connectivity index (χ1) is 19.2. The van der Waals surface area contributed by atoms with E-state index in [1.54, 1.807) is 0 Å². The van der Waals surface area contributed by atoms with Crippen LogP contribution < -0.4 is 0 Å². The van der Waals surface area contributed by atoms with E-state index in [9.17, 15) is 0 Å². The maximum Gasteiger partial charge on any atom is 0.149 e. The van der Waals surface area contributed by atoms with Crippen LogP contribution in [0.3, 0.4) is 0 Å². The molecule has 39 heavy (non-hydrogen) atoms. The molecule has 0 spiro atoms. The Morgan fingerprint density at radius 3 is 2.33 bits per heavy atom. The third-order valence-electron chi connectivity index (χ3n) is 7.77. The minimum atomic E-state index is 0.837. The Hall–Kier alpha value is -5.09. The lowest BCUT2D eigenvalue weighted by Gasteiger charge is -2.11. The van der Waals surface area contributed by atoms with Gasteiger partial charge >= 0.3 is 0 Å². The van der Waals surface area contributed by atoms with E-state index in [0.29, 0.717) is 0 Å². The molecule has 5 aromatic carbocycles. The highest BCUT2D eigenvalue weighted by Gasteiger charge is 2.20. The van der Waals surface area contributed by atoms with Crippen molar-refractivity contribution < 1.29 is 8.83 Å². The highest BCUT2D eigenvalue weighted by atomic mass is 16.3. The van der Waals surface area contributed by atoms with Crippen LogP contribution in [0.15, 0.2) is 118 Å². The van der Waals surface area contributed by atoms with Crippen molar-refractivity contribution in [1.82, 2.24) is 9.55 Å². The van der Waals surface area contributed by atoms with Crippen LogP contribution in [0, 0.1) is 13.8 Å². The van der Waals surface area contributed by atoms with Crippen LogP contribution in [-0.2, 0) is 0 Å². The average Bonchev–Trinajstić information content (AvgIpc) is 3.65. The minimum Gasteiger partial charge on any atom is -0.464 e. The van der Waals surface area contributed by atoms with Crippen molar-refractivity contribution in [3.8, 4) is 28.2 Å². The monoisotopic (exact) mass is 504 g/mol. The van der Waals surface area contributed by atoms with Crippen molar-refractivity contribution in [2.45, 2.75) is 13.8 Å². The lowest BCUT2D eigenvalue weighted by atomic mass is 9.94. The quantitative estimate of drug-likeness (QED) is 0.241. The molecule has 4 heteroatoms. The van der Waals surface area contributed by atoms with Gasteiger partial charge in [0.1, 0.15) is 28.8 Å². The van der Waals surface area contributed by atoms with E-state index in [1.807, 2.05) is 30.5 Å². The molecule has 0 saturated carbocycles. The number of aryl methyl sites for hydroxylation is 2. The van der Waals surface area contributed by atoms with Gasteiger partial charge in [-0.15, -0.1) is 0 Å². The van der Waals surface area contributed by atoms with Crippen molar-refractivity contribution in [2.24, 2.45) is 0 Å². The van der Waals surface area contributed by atoms with Crippen molar-refractivity contribution in [3.63, 3.8) is 0 Å². The molecule has 0 aliphatic rings. The molecule has 0 fully saturated rings. The molecule has 3 heterocycles. The van der Waals surface area contributed by atoms with Crippen molar-refractivity contribution in [2.75, 3.05) is 0 Å². The van der Waals surface area contributed by atoms with Crippen molar-refractivity contribution in [3.05, 3.63) is 121 Å². The fourth-order valence-corrected chi connectivity index (χ4v) is 5.95. The van der Waals surface area contributed by atoms with E-state index >= 15 is 0 Å². The first-order valence-electron chi connectivity index (χ1n) is 13.1. The fourth-order valence-electron chi connectivity index (χ4n) is 5.95. The third kappa shape index (κ3) is 3.28. The molecular formula is C35H24N2O2. The van der Waals surface area contributed by atoms with Gasteiger partial charge in [-0.3, -0.25) is 4.57 Å². The molecule has 186 valence electrons. The summed E-state index contributed by atoms with van der Waals surface area (Å²) in [6.07, 6.45) is 1.83. The Balaban J connectivity index is 1.38. The van der Waals surface area contributed by atoms with E-state index in [1.165, 1.54) is 22.3 Å². The maximum atomic E-state index is 6.24. The van der Waals surface area contributed by atoms with Crippen LogP contribution in [0.1, 0.15) is 11.1 Å².